The van der Waals surface area contributed by atoms with Crippen LogP contribution in [0.5, 0.6) is 11.5 Å². The summed E-state index contributed by atoms with van der Waals surface area (Å²) >= 11 is 0. The van der Waals surface area contributed by atoms with Crippen molar-refractivity contribution >= 4 is 5.97 Å². The largest absolute Gasteiger partial charge is 0.491 e. The summed E-state index contributed by atoms with van der Waals surface area (Å²) in [6.45, 7) is 9.17. The smallest absolute Gasteiger partial charge is 0.377 e. The Labute approximate surface area is 217 Å². The van der Waals surface area contributed by atoms with Crippen molar-refractivity contribution in [3.05, 3.63) is 82.9 Å². The Morgan fingerprint density at radius 1 is 0.892 bits per heavy atom. The molecule has 0 bridgehead atoms. The fraction of sp³-hybridized carbons (Fsp3) is 0.367. The van der Waals surface area contributed by atoms with Crippen LogP contribution in [0.25, 0.3) is 11.1 Å². The first kappa shape index (κ1) is 28.1. The van der Waals surface area contributed by atoms with E-state index in [1.54, 1.807) is 12.1 Å². The van der Waals surface area contributed by atoms with Crippen LogP contribution in [0.1, 0.15) is 36.1 Å². The predicted octanol–water partition coefficient (Wildman–Crippen LogP) is 6.71. The van der Waals surface area contributed by atoms with Crippen molar-refractivity contribution in [3.8, 4) is 22.6 Å². The highest BCUT2D eigenvalue weighted by Crippen LogP contribution is 2.36. The van der Waals surface area contributed by atoms with Gasteiger partial charge < -0.3 is 18.9 Å². The second-order valence-corrected chi connectivity index (χ2v) is 8.62. The number of benzene rings is 3. The molecule has 198 valence electrons. The zero-order chi connectivity index (χ0) is 26.8. The molecule has 3 rings (SSSR count). The van der Waals surface area contributed by atoms with Gasteiger partial charge >= 0.3 is 11.9 Å². The van der Waals surface area contributed by atoms with Crippen molar-refractivity contribution < 1.29 is 32.5 Å². The van der Waals surface area contributed by atoms with Gasteiger partial charge in [-0.15, -0.1) is 0 Å². The van der Waals surface area contributed by atoms with E-state index in [1.807, 2.05) is 38.1 Å². The van der Waals surface area contributed by atoms with Gasteiger partial charge in [-0.25, -0.2) is 4.79 Å². The standard InChI is InChI=1S/C30H34F2O5/c1-5-34-16-17-36-27-18-21(3)28(24-10-8-7-9-11-24)22(4)26(27)20-37-25-14-12-23(13-15-25)19-30(31,32)29(33)35-6-2/h7-15,18H,5-6,16-17,19-20H2,1-4H3. The lowest BCUT2D eigenvalue weighted by atomic mass is 9.91. The molecule has 5 nitrogen and oxygen atoms in total. The molecule has 0 unspecified atom stereocenters. The molecule has 0 N–H and O–H groups in total. The van der Waals surface area contributed by atoms with Crippen LogP contribution in [0, 0.1) is 13.8 Å². The van der Waals surface area contributed by atoms with Crippen molar-refractivity contribution in [3.63, 3.8) is 0 Å². The van der Waals surface area contributed by atoms with Crippen molar-refractivity contribution in [2.45, 2.75) is 46.6 Å². The molecule has 0 aliphatic heterocycles. The Balaban J connectivity index is 1.80. The Morgan fingerprint density at radius 3 is 2.24 bits per heavy atom. The van der Waals surface area contributed by atoms with E-state index in [9.17, 15) is 13.6 Å². The highest BCUT2D eigenvalue weighted by molar-refractivity contribution is 5.78. The molecule has 3 aromatic rings. The third kappa shape index (κ3) is 7.52. The first-order chi connectivity index (χ1) is 17.8. The molecule has 0 aliphatic rings. The highest BCUT2D eigenvalue weighted by atomic mass is 19.3. The fourth-order valence-corrected chi connectivity index (χ4v) is 4.12. The number of aryl methyl sites for hydroxylation is 1. The molecule has 0 fully saturated rings. The maximum Gasteiger partial charge on any atom is 0.377 e. The second-order valence-electron chi connectivity index (χ2n) is 8.62. The third-order valence-electron chi connectivity index (χ3n) is 5.93. The van der Waals surface area contributed by atoms with Crippen molar-refractivity contribution in [1.29, 1.82) is 0 Å². The van der Waals surface area contributed by atoms with E-state index in [2.05, 4.69) is 23.8 Å². The van der Waals surface area contributed by atoms with Crippen LogP contribution in [0.15, 0.2) is 60.7 Å². The van der Waals surface area contributed by atoms with E-state index in [1.165, 1.54) is 19.1 Å². The van der Waals surface area contributed by atoms with E-state index >= 15 is 0 Å². The molecule has 0 amide bonds. The minimum absolute atomic E-state index is 0.0943. The summed E-state index contributed by atoms with van der Waals surface area (Å²) in [5.41, 5.74) is 5.57. The zero-order valence-electron chi connectivity index (χ0n) is 21.8. The normalized spacial score (nSPS) is 11.3. The van der Waals surface area contributed by atoms with E-state index < -0.39 is 18.3 Å². The maximum absolute atomic E-state index is 14.1. The molecule has 0 atom stereocenters. The van der Waals surface area contributed by atoms with Gasteiger partial charge in [-0.05, 0) is 73.7 Å². The van der Waals surface area contributed by atoms with Gasteiger partial charge in [-0.2, -0.15) is 8.78 Å². The van der Waals surface area contributed by atoms with Crippen LogP contribution in [0.3, 0.4) is 0 Å². The van der Waals surface area contributed by atoms with Gasteiger partial charge in [0.1, 0.15) is 24.7 Å². The molecule has 0 spiro atoms. The maximum atomic E-state index is 14.1. The van der Waals surface area contributed by atoms with Crippen LogP contribution < -0.4 is 9.47 Å². The molecule has 0 radical (unpaired) electrons. The molecular formula is C30H34F2O5. The van der Waals surface area contributed by atoms with Crippen LogP contribution in [-0.2, 0) is 27.3 Å². The van der Waals surface area contributed by atoms with Gasteiger partial charge in [-0.3, -0.25) is 0 Å². The first-order valence-corrected chi connectivity index (χ1v) is 12.4. The van der Waals surface area contributed by atoms with Crippen molar-refractivity contribution in [2.75, 3.05) is 26.4 Å². The summed E-state index contributed by atoms with van der Waals surface area (Å²) < 4.78 is 50.2. The van der Waals surface area contributed by atoms with Crippen molar-refractivity contribution in [1.82, 2.24) is 0 Å². The van der Waals surface area contributed by atoms with E-state index in [4.69, 9.17) is 14.2 Å². The molecule has 0 saturated carbocycles. The number of hydrogen-bond acceptors (Lipinski definition) is 5. The van der Waals surface area contributed by atoms with Gasteiger partial charge in [0.15, 0.2) is 0 Å². The third-order valence-corrected chi connectivity index (χ3v) is 5.93. The summed E-state index contributed by atoms with van der Waals surface area (Å²) in [6.07, 6.45) is -0.735. The van der Waals surface area contributed by atoms with Gasteiger partial charge in [-0.1, -0.05) is 42.5 Å². The molecule has 37 heavy (non-hydrogen) atoms. The quantitative estimate of drug-likeness (QED) is 0.188. The highest BCUT2D eigenvalue weighted by Gasteiger charge is 2.40. The average molecular weight is 513 g/mol. The molecule has 3 aromatic carbocycles. The Bertz CT molecular complexity index is 1160. The number of ether oxygens (including phenoxy) is 4. The summed E-state index contributed by atoms with van der Waals surface area (Å²) in [6, 6.07) is 18.4. The zero-order valence-corrected chi connectivity index (χ0v) is 21.8. The number of carbonyl (C=O) groups is 1. The van der Waals surface area contributed by atoms with Crippen LogP contribution in [0.4, 0.5) is 8.78 Å². The topological polar surface area (TPSA) is 54.0 Å². The SMILES string of the molecule is CCOCCOc1cc(C)c(-c2ccccc2)c(C)c1COc1ccc(CC(F)(F)C(=O)OCC)cc1. The summed E-state index contributed by atoms with van der Waals surface area (Å²) in [5.74, 6) is -3.86. The Kier molecular flexibility index (Phi) is 10.0. The van der Waals surface area contributed by atoms with Crippen molar-refractivity contribution in [2.24, 2.45) is 0 Å². The molecule has 0 aliphatic carbocycles. The molecule has 0 aromatic heterocycles. The van der Waals surface area contributed by atoms with Gasteiger partial charge in [0, 0.05) is 18.6 Å². The predicted molar refractivity (Wildman–Crippen MR) is 139 cm³/mol. The van der Waals surface area contributed by atoms with Gasteiger partial charge in [0.2, 0.25) is 0 Å². The number of halogens is 2. The average Bonchev–Trinajstić information content (AvgIpc) is 2.87. The summed E-state index contributed by atoms with van der Waals surface area (Å²) in [7, 11) is 0. The van der Waals surface area contributed by atoms with Crippen LogP contribution in [-0.4, -0.2) is 38.3 Å². The molecular weight excluding hydrogens is 478 g/mol. The summed E-state index contributed by atoms with van der Waals surface area (Å²) in [4.78, 5) is 11.5. The Hall–Kier alpha value is -3.45. The Morgan fingerprint density at radius 2 is 1.59 bits per heavy atom. The van der Waals surface area contributed by atoms with Gasteiger partial charge in [0.05, 0.1) is 13.2 Å². The van der Waals surface area contributed by atoms with Crippen LogP contribution >= 0.6 is 0 Å². The minimum Gasteiger partial charge on any atom is -0.491 e. The summed E-state index contributed by atoms with van der Waals surface area (Å²) in [5, 5.41) is 0. The van der Waals surface area contributed by atoms with E-state index in [0.29, 0.717) is 31.1 Å². The van der Waals surface area contributed by atoms with E-state index in [0.717, 1.165) is 33.6 Å². The number of hydrogen-bond donors (Lipinski definition) is 0. The minimum atomic E-state index is -3.58. The van der Waals surface area contributed by atoms with Crippen LogP contribution in [0.2, 0.25) is 0 Å². The molecule has 0 heterocycles. The monoisotopic (exact) mass is 512 g/mol. The number of rotatable bonds is 13. The fourth-order valence-electron chi connectivity index (χ4n) is 4.12. The number of carbonyl (C=O) groups excluding carboxylic acids is 1. The number of esters is 1. The lowest BCUT2D eigenvalue weighted by Crippen LogP contribution is -2.33. The molecule has 0 saturated heterocycles. The molecule has 7 heteroatoms. The van der Waals surface area contributed by atoms with E-state index in [-0.39, 0.29) is 13.2 Å². The van der Waals surface area contributed by atoms with Gasteiger partial charge in [0.25, 0.3) is 0 Å². The first-order valence-electron chi connectivity index (χ1n) is 12.4. The number of alkyl halides is 2. The second kappa shape index (κ2) is 13.2. The lowest BCUT2D eigenvalue weighted by Gasteiger charge is -2.20. The lowest BCUT2D eigenvalue weighted by molar-refractivity contribution is -0.171.